The number of benzene rings is 2. The van der Waals surface area contributed by atoms with E-state index in [0.29, 0.717) is 6.07 Å². The Balaban J connectivity index is 1.85. The van der Waals surface area contributed by atoms with Crippen molar-refractivity contribution >= 4 is 27.1 Å². The Bertz CT molecular complexity index is 1270. The lowest BCUT2D eigenvalue weighted by atomic mass is 10.3. The third kappa shape index (κ3) is 4.40. The summed E-state index contributed by atoms with van der Waals surface area (Å²) in [6.07, 6.45) is -4.72. The van der Waals surface area contributed by atoms with Gasteiger partial charge in [0.05, 0.1) is 9.82 Å². The van der Waals surface area contributed by atoms with Crippen molar-refractivity contribution in [2.75, 3.05) is 5.32 Å². The smallest absolute Gasteiger partial charge is 0.321 e. The van der Waals surface area contributed by atoms with Gasteiger partial charge in [-0.15, -0.1) is 0 Å². The van der Waals surface area contributed by atoms with Gasteiger partial charge in [-0.25, -0.2) is 8.42 Å². The van der Waals surface area contributed by atoms with E-state index >= 15 is 0 Å². The van der Waals surface area contributed by atoms with Crippen molar-refractivity contribution in [1.29, 1.82) is 0 Å². The first-order chi connectivity index (χ1) is 14.4. The average molecular weight is 454 g/mol. The van der Waals surface area contributed by atoms with Crippen LogP contribution < -0.4 is 5.32 Å². The van der Waals surface area contributed by atoms with Gasteiger partial charge in [-0.05, 0) is 30.3 Å². The summed E-state index contributed by atoms with van der Waals surface area (Å²) in [6, 6.07) is 10.1. The van der Waals surface area contributed by atoms with Crippen LogP contribution in [0.4, 0.5) is 24.5 Å². The molecule has 1 aromatic heterocycles. The molecule has 0 unspecified atom stereocenters. The molecule has 0 bridgehead atoms. The number of sulfone groups is 1. The van der Waals surface area contributed by atoms with Crippen molar-refractivity contribution in [2.24, 2.45) is 7.05 Å². The predicted octanol–water partition coefficient (Wildman–Crippen LogP) is 3.43. The van der Waals surface area contributed by atoms with Gasteiger partial charge in [-0.3, -0.25) is 19.6 Å². The Kier molecular flexibility index (Phi) is 5.55. The highest BCUT2D eigenvalue weighted by Gasteiger charge is 2.35. The number of carbonyl (C=O) groups excluding carboxylic acids is 1. The molecular weight excluding hydrogens is 441 g/mol. The molecule has 0 spiro atoms. The van der Waals surface area contributed by atoms with Gasteiger partial charge in [-0.2, -0.15) is 18.3 Å². The highest BCUT2D eigenvalue weighted by atomic mass is 32.2. The van der Waals surface area contributed by atoms with Crippen molar-refractivity contribution in [3.8, 4) is 0 Å². The van der Waals surface area contributed by atoms with Crippen molar-refractivity contribution in [3.05, 3.63) is 76.1 Å². The van der Waals surface area contributed by atoms with Crippen LogP contribution >= 0.6 is 0 Å². The number of carbonyl (C=O) groups is 1. The molecule has 0 atom stereocenters. The number of nitro groups is 1. The summed E-state index contributed by atoms with van der Waals surface area (Å²) in [7, 11) is -3.05. The summed E-state index contributed by atoms with van der Waals surface area (Å²) < 4.78 is 64.5. The fourth-order valence-corrected chi connectivity index (χ4v) is 4.12. The summed E-state index contributed by atoms with van der Waals surface area (Å²) >= 11 is 0. The number of nitrogens with one attached hydrogen (secondary N) is 1. The van der Waals surface area contributed by atoms with Crippen molar-refractivity contribution in [2.45, 2.75) is 16.0 Å². The second kappa shape index (κ2) is 7.83. The number of para-hydroxylation sites is 1. The van der Waals surface area contributed by atoms with E-state index in [0.717, 1.165) is 28.9 Å². The quantitative estimate of drug-likeness (QED) is 0.465. The number of rotatable bonds is 5. The van der Waals surface area contributed by atoms with Crippen LogP contribution in [-0.2, 0) is 23.1 Å². The Labute approximate surface area is 173 Å². The standard InChI is InChI=1S/C18H13F3N4O5S/c1-24-14(10-16(23-24)18(19,20)21)17(26)22-11-6-8-12(9-7-11)31(29,30)15-5-3-2-4-13(15)25(27)28/h2-10H,1H3,(H,22,26). The third-order valence-electron chi connectivity index (χ3n) is 4.18. The number of halogens is 3. The van der Waals surface area contributed by atoms with E-state index in [1.54, 1.807) is 0 Å². The van der Waals surface area contributed by atoms with Crippen LogP contribution in [0.1, 0.15) is 16.2 Å². The molecule has 2 aromatic carbocycles. The molecule has 31 heavy (non-hydrogen) atoms. The molecule has 1 amide bonds. The molecule has 3 aromatic rings. The summed E-state index contributed by atoms with van der Waals surface area (Å²) in [5.74, 6) is -0.889. The van der Waals surface area contributed by atoms with Gasteiger partial charge >= 0.3 is 6.18 Å². The number of alkyl halides is 3. The summed E-state index contributed by atoms with van der Waals surface area (Å²) in [6.45, 7) is 0. The molecule has 0 aliphatic rings. The van der Waals surface area contributed by atoms with Gasteiger partial charge in [0, 0.05) is 24.9 Å². The first kappa shape index (κ1) is 22.0. The van der Waals surface area contributed by atoms with Crippen molar-refractivity contribution < 1.29 is 31.3 Å². The summed E-state index contributed by atoms with van der Waals surface area (Å²) in [5.41, 5.74) is -2.08. The second-order valence-electron chi connectivity index (χ2n) is 6.24. The van der Waals surface area contributed by atoms with Gasteiger partial charge in [0.25, 0.3) is 11.6 Å². The van der Waals surface area contributed by atoms with Crippen molar-refractivity contribution in [1.82, 2.24) is 9.78 Å². The van der Waals surface area contributed by atoms with E-state index < -0.39 is 43.1 Å². The number of anilines is 1. The van der Waals surface area contributed by atoms with E-state index in [-0.39, 0.29) is 16.3 Å². The zero-order valence-electron chi connectivity index (χ0n) is 15.6. The fraction of sp³-hybridized carbons (Fsp3) is 0.111. The molecule has 0 radical (unpaired) electrons. The molecule has 0 fully saturated rings. The topological polar surface area (TPSA) is 124 Å². The minimum absolute atomic E-state index is 0.0984. The van der Waals surface area contributed by atoms with Crippen LogP contribution in [0.5, 0.6) is 0 Å². The molecule has 1 heterocycles. The maximum absolute atomic E-state index is 12.7. The van der Waals surface area contributed by atoms with Crippen molar-refractivity contribution in [3.63, 3.8) is 0 Å². The molecule has 3 rings (SSSR count). The van der Waals surface area contributed by atoms with Gasteiger partial charge in [-0.1, -0.05) is 12.1 Å². The monoisotopic (exact) mass is 454 g/mol. The summed E-state index contributed by atoms with van der Waals surface area (Å²) in [5, 5.41) is 16.7. The number of amides is 1. The van der Waals surface area contributed by atoms with Crippen LogP contribution in [0.2, 0.25) is 0 Å². The normalized spacial score (nSPS) is 11.9. The molecule has 0 aliphatic heterocycles. The van der Waals surface area contributed by atoms with Gasteiger partial charge in [0.2, 0.25) is 9.84 Å². The van der Waals surface area contributed by atoms with Crippen LogP contribution in [0, 0.1) is 10.1 Å². The first-order valence-corrected chi connectivity index (χ1v) is 9.91. The van der Waals surface area contributed by atoms with E-state index in [4.69, 9.17) is 0 Å². The number of nitro benzene ring substituents is 1. The zero-order valence-corrected chi connectivity index (χ0v) is 16.4. The predicted molar refractivity (Wildman–Crippen MR) is 101 cm³/mol. The van der Waals surface area contributed by atoms with E-state index in [9.17, 15) is 36.5 Å². The highest BCUT2D eigenvalue weighted by molar-refractivity contribution is 7.91. The summed E-state index contributed by atoms with van der Waals surface area (Å²) in [4.78, 5) is 21.8. The number of aromatic nitrogens is 2. The van der Waals surface area contributed by atoms with Gasteiger partial charge < -0.3 is 5.32 Å². The van der Waals surface area contributed by atoms with Crippen LogP contribution in [0.3, 0.4) is 0 Å². The van der Waals surface area contributed by atoms with E-state index in [2.05, 4.69) is 10.4 Å². The average Bonchev–Trinajstić information content (AvgIpc) is 3.10. The third-order valence-corrected chi connectivity index (χ3v) is 5.99. The molecule has 1 N–H and O–H groups in total. The zero-order chi connectivity index (χ0) is 23.0. The lowest BCUT2D eigenvalue weighted by Gasteiger charge is -2.08. The van der Waals surface area contributed by atoms with Crippen LogP contribution in [0.15, 0.2) is 64.4 Å². The Morgan fingerprint density at radius 3 is 2.29 bits per heavy atom. The van der Waals surface area contributed by atoms with Crippen LogP contribution in [0.25, 0.3) is 0 Å². The maximum Gasteiger partial charge on any atom is 0.435 e. The number of hydrogen-bond donors (Lipinski definition) is 1. The molecule has 13 heteroatoms. The molecule has 0 saturated heterocycles. The first-order valence-electron chi connectivity index (χ1n) is 8.42. The largest absolute Gasteiger partial charge is 0.435 e. The minimum atomic E-state index is -4.72. The molecule has 0 saturated carbocycles. The Morgan fingerprint density at radius 2 is 1.74 bits per heavy atom. The second-order valence-corrected chi connectivity index (χ2v) is 8.16. The van der Waals surface area contributed by atoms with Gasteiger partial charge in [0.15, 0.2) is 5.69 Å². The van der Waals surface area contributed by atoms with E-state index in [1.165, 1.54) is 31.3 Å². The Hall–Kier alpha value is -3.74. The molecular formula is C18H13F3N4O5S. The molecule has 162 valence electrons. The Morgan fingerprint density at radius 1 is 1.13 bits per heavy atom. The number of hydrogen-bond acceptors (Lipinski definition) is 6. The lowest BCUT2D eigenvalue weighted by Crippen LogP contribution is -2.16. The fourth-order valence-electron chi connectivity index (χ4n) is 2.69. The number of aryl methyl sites for hydroxylation is 1. The van der Waals surface area contributed by atoms with Gasteiger partial charge in [0.1, 0.15) is 10.6 Å². The molecule has 0 aliphatic carbocycles. The molecule has 9 nitrogen and oxygen atoms in total. The highest BCUT2D eigenvalue weighted by Crippen LogP contribution is 2.30. The van der Waals surface area contributed by atoms with Crippen LogP contribution in [-0.4, -0.2) is 29.0 Å². The van der Waals surface area contributed by atoms with E-state index in [1.807, 2.05) is 0 Å². The SMILES string of the molecule is Cn1nc(C(F)(F)F)cc1C(=O)Nc1ccc(S(=O)(=O)c2ccccc2[N+](=O)[O-])cc1. The lowest BCUT2D eigenvalue weighted by molar-refractivity contribution is -0.387. The maximum atomic E-state index is 12.7. The number of nitrogens with zero attached hydrogens (tertiary/aromatic N) is 3. The minimum Gasteiger partial charge on any atom is -0.321 e.